The van der Waals surface area contributed by atoms with E-state index in [0.29, 0.717) is 11.4 Å². The summed E-state index contributed by atoms with van der Waals surface area (Å²) in [6.07, 6.45) is 1.43. The molecule has 0 unspecified atom stereocenters. The van der Waals surface area contributed by atoms with Crippen molar-refractivity contribution in [1.29, 1.82) is 0 Å². The van der Waals surface area contributed by atoms with Crippen LogP contribution in [0.2, 0.25) is 0 Å². The van der Waals surface area contributed by atoms with Gasteiger partial charge in [0.1, 0.15) is 23.5 Å². The first-order valence-corrected chi connectivity index (χ1v) is 10.6. The fourth-order valence-electron chi connectivity index (χ4n) is 4.12. The summed E-state index contributed by atoms with van der Waals surface area (Å²) < 4.78 is 5.60. The standard InChI is InChI=1S/C21H25N3O4S/c1-11-9-24(15-13(25)10-28-16(11)15)20(27)17(21(2,3)4)23-18(26)14-8-12-6-5-7-22-19(12)29-14/h5-8,11,15-17H,9-10H2,1-4H3,(H,23,26)/t11-,15+,16+,17+/m0/s1. The van der Waals surface area contributed by atoms with E-state index in [1.807, 2.05) is 39.8 Å². The summed E-state index contributed by atoms with van der Waals surface area (Å²) in [4.78, 5) is 45.9. The van der Waals surface area contributed by atoms with Gasteiger partial charge in [0, 0.05) is 24.0 Å². The van der Waals surface area contributed by atoms with Gasteiger partial charge in [-0.2, -0.15) is 0 Å². The van der Waals surface area contributed by atoms with Crippen LogP contribution in [0.3, 0.4) is 0 Å². The molecule has 0 spiro atoms. The summed E-state index contributed by atoms with van der Waals surface area (Å²) in [5.74, 6) is -0.523. The van der Waals surface area contributed by atoms with Crippen molar-refractivity contribution in [1.82, 2.24) is 15.2 Å². The average molecular weight is 416 g/mol. The molecular weight excluding hydrogens is 390 g/mol. The van der Waals surface area contributed by atoms with Crippen molar-refractivity contribution >= 4 is 39.2 Å². The lowest BCUT2D eigenvalue weighted by Gasteiger charge is -2.34. The smallest absolute Gasteiger partial charge is 0.262 e. The first-order valence-electron chi connectivity index (χ1n) is 9.77. The van der Waals surface area contributed by atoms with Crippen LogP contribution in [-0.4, -0.2) is 58.8 Å². The normalized spacial score (nSPS) is 25.3. The van der Waals surface area contributed by atoms with Crippen LogP contribution in [0.25, 0.3) is 10.2 Å². The molecule has 4 heterocycles. The summed E-state index contributed by atoms with van der Waals surface area (Å²) in [6, 6.07) is 4.21. The number of hydrogen-bond acceptors (Lipinski definition) is 6. The van der Waals surface area contributed by atoms with Gasteiger partial charge in [0.05, 0.1) is 11.0 Å². The predicted molar refractivity (Wildman–Crippen MR) is 110 cm³/mol. The average Bonchev–Trinajstić information content (AvgIpc) is 3.34. The Morgan fingerprint density at radius 1 is 1.38 bits per heavy atom. The molecule has 2 saturated heterocycles. The molecule has 0 saturated carbocycles. The van der Waals surface area contributed by atoms with Gasteiger partial charge in [-0.25, -0.2) is 4.98 Å². The van der Waals surface area contributed by atoms with Gasteiger partial charge in [-0.1, -0.05) is 33.8 Å². The zero-order valence-electron chi connectivity index (χ0n) is 17.0. The lowest BCUT2D eigenvalue weighted by molar-refractivity contribution is -0.140. The van der Waals surface area contributed by atoms with Crippen molar-refractivity contribution in [3.63, 3.8) is 0 Å². The molecule has 1 N–H and O–H groups in total. The number of amides is 2. The molecule has 0 radical (unpaired) electrons. The fraction of sp³-hybridized carbons (Fsp3) is 0.524. The van der Waals surface area contributed by atoms with Gasteiger partial charge in [0.15, 0.2) is 5.78 Å². The Hall–Kier alpha value is -2.32. The number of ketones is 1. The number of likely N-dealkylation sites (tertiary alicyclic amines) is 1. The van der Waals surface area contributed by atoms with E-state index in [1.54, 1.807) is 17.2 Å². The van der Waals surface area contributed by atoms with Crippen molar-refractivity contribution in [2.45, 2.75) is 45.9 Å². The number of rotatable bonds is 3. The predicted octanol–water partition coefficient (Wildman–Crippen LogP) is 2.26. The number of pyridine rings is 1. The van der Waals surface area contributed by atoms with E-state index in [0.717, 1.165) is 10.2 Å². The molecule has 2 aliphatic heterocycles. The third-order valence-corrected chi connectivity index (χ3v) is 6.69. The summed E-state index contributed by atoms with van der Waals surface area (Å²) >= 11 is 1.30. The second kappa shape index (κ2) is 7.18. The summed E-state index contributed by atoms with van der Waals surface area (Å²) in [5, 5.41) is 3.82. The highest BCUT2D eigenvalue weighted by molar-refractivity contribution is 7.20. The van der Waals surface area contributed by atoms with Gasteiger partial charge in [-0.05, 0) is 17.5 Å². The molecule has 2 aromatic rings. The second-order valence-corrected chi connectivity index (χ2v) is 9.97. The first-order chi connectivity index (χ1) is 13.7. The molecule has 154 valence electrons. The van der Waals surface area contributed by atoms with Crippen LogP contribution in [0.5, 0.6) is 0 Å². The monoisotopic (exact) mass is 415 g/mol. The highest BCUT2D eigenvalue weighted by atomic mass is 32.1. The molecule has 0 aliphatic carbocycles. The van der Waals surface area contributed by atoms with Crippen LogP contribution >= 0.6 is 11.3 Å². The molecule has 0 bridgehead atoms. The molecule has 4 rings (SSSR count). The number of hydrogen-bond donors (Lipinski definition) is 1. The fourth-order valence-corrected chi connectivity index (χ4v) is 5.03. The van der Waals surface area contributed by atoms with Crippen LogP contribution in [0, 0.1) is 11.3 Å². The molecule has 4 atom stereocenters. The lowest BCUT2D eigenvalue weighted by Crippen LogP contribution is -2.57. The van der Waals surface area contributed by atoms with E-state index in [2.05, 4.69) is 10.3 Å². The number of carbonyl (C=O) groups excluding carboxylic acids is 3. The van der Waals surface area contributed by atoms with Crippen molar-refractivity contribution in [3.8, 4) is 0 Å². The van der Waals surface area contributed by atoms with Crippen molar-refractivity contribution in [3.05, 3.63) is 29.3 Å². The zero-order valence-corrected chi connectivity index (χ0v) is 17.8. The molecule has 7 nitrogen and oxygen atoms in total. The molecule has 29 heavy (non-hydrogen) atoms. The van der Waals surface area contributed by atoms with Gasteiger partial charge in [-0.15, -0.1) is 11.3 Å². The minimum absolute atomic E-state index is 0.0464. The van der Waals surface area contributed by atoms with Crippen molar-refractivity contribution in [2.75, 3.05) is 13.2 Å². The Morgan fingerprint density at radius 3 is 2.83 bits per heavy atom. The van der Waals surface area contributed by atoms with Gasteiger partial charge < -0.3 is 15.0 Å². The van der Waals surface area contributed by atoms with Crippen LogP contribution in [-0.2, 0) is 14.3 Å². The van der Waals surface area contributed by atoms with Crippen molar-refractivity contribution in [2.24, 2.45) is 11.3 Å². The van der Waals surface area contributed by atoms with E-state index < -0.39 is 17.5 Å². The number of fused-ring (bicyclic) bond motifs is 2. The number of ether oxygens (including phenoxy) is 1. The van der Waals surface area contributed by atoms with Crippen LogP contribution in [0.4, 0.5) is 0 Å². The van der Waals surface area contributed by atoms with Crippen LogP contribution in [0.15, 0.2) is 24.4 Å². The van der Waals surface area contributed by atoms with E-state index >= 15 is 0 Å². The van der Waals surface area contributed by atoms with Gasteiger partial charge >= 0.3 is 0 Å². The maximum absolute atomic E-state index is 13.5. The van der Waals surface area contributed by atoms with E-state index in [-0.39, 0.29) is 36.2 Å². The maximum Gasteiger partial charge on any atom is 0.262 e. The maximum atomic E-state index is 13.5. The van der Waals surface area contributed by atoms with E-state index in [4.69, 9.17) is 4.74 Å². The number of Topliss-reactive ketones (excluding diaryl/α,β-unsaturated/α-hetero) is 1. The number of carbonyl (C=O) groups is 3. The SMILES string of the molecule is C[C@H]1CN(C(=O)[C@@H](NC(=O)c2cc3cccnc3s2)C(C)(C)C)[C@@H]2C(=O)CO[C@@H]21. The Balaban J connectivity index is 1.58. The minimum Gasteiger partial charge on any atom is -0.367 e. The highest BCUT2D eigenvalue weighted by Gasteiger charge is 2.52. The lowest BCUT2D eigenvalue weighted by atomic mass is 9.85. The molecule has 2 amide bonds. The molecule has 2 aliphatic rings. The quantitative estimate of drug-likeness (QED) is 0.831. The minimum atomic E-state index is -0.757. The van der Waals surface area contributed by atoms with Crippen LogP contribution in [0.1, 0.15) is 37.4 Å². The number of nitrogens with zero attached hydrogens (tertiary/aromatic N) is 2. The molecule has 2 fully saturated rings. The third-order valence-electron chi connectivity index (χ3n) is 5.63. The van der Waals surface area contributed by atoms with Gasteiger partial charge in [-0.3, -0.25) is 14.4 Å². The molecule has 8 heteroatoms. The topological polar surface area (TPSA) is 88.6 Å². The molecule has 2 aromatic heterocycles. The summed E-state index contributed by atoms with van der Waals surface area (Å²) in [7, 11) is 0. The van der Waals surface area contributed by atoms with Crippen molar-refractivity contribution < 1.29 is 19.1 Å². The highest BCUT2D eigenvalue weighted by Crippen LogP contribution is 2.34. The Labute approximate surface area is 173 Å². The van der Waals surface area contributed by atoms with Gasteiger partial charge in [0.2, 0.25) is 5.91 Å². The Bertz CT molecular complexity index is 947. The van der Waals surface area contributed by atoms with E-state index in [9.17, 15) is 14.4 Å². The Morgan fingerprint density at radius 2 is 2.14 bits per heavy atom. The third kappa shape index (κ3) is 3.55. The van der Waals surface area contributed by atoms with Gasteiger partial charge in [0.25, 0.3) is 5.91 Å². The first kappa shape index (κ1) is 20.0. The Kier molecular flexibility index (Phi) is 4.94. The molecular formula is C21H25N3O4S. The largest absolute Gasteiger partial charge is 0.367 e. The summed E-state index contributed by atoms with van der Waals surface area (Å²) in [6.45, 7) is 8.21. The number of thiophene rings is 1. The second-order valence-electron chi connectivity index (χ2n) is 8.94. The number of aromatic nitrogens is 1. The van der Waals surface area contributed by atoms with Crippen LogP contribution < -0.4 is 5.32 Å². The summed E-state index contributed by atoms with van der Waals surface area (Å²) in [5.41, 5.74) is -0.522. The van der Waals surface area contributed by atoms with E-state index in [1.165, 1.54) is 11.3 Å². The zero-order chi connectivity index (χ0) is 20.9. The number of nitrogens with one attached hydrogen (secondary N) is 1. The molecule has 0 aromatic carbocycles.